The van der Waals surface area contributed by atoms with Crippen molar-refractivity contribution < 1.29 is 4.79 Å². The highest BCUT2D eigenvalue weighted by molar-refractivity contribution is 5.94. The smallest absolute Gasteiger partial charge is 0.254 e. The molecule has 0 aliphatic rings. The van der Waals surface area contributed by atoms with Gasteiger partial charge < -0.3 is 10.6 Å². The summed E-state index contributed by atoms with van der Waals surface area (Å²) in [4.78, 5) is 14.2. The fourth-order valence-electron chi connectivity index (χ4n) is 1.71. The molecule has 0 saturated carbocycles. The van der Waals surface area contributed by atoms with Crippen molar-refractivity contribution in [1.29, 1.82) is 0 Å². The van der Waals surface area contributed by atoms with Gasteiger partial charge in [0.05, 0.1) is 0 Å². The summed E-state index contributed by atoms with van der Waals surface area (Å²) >= 11 is 0. The van der Waals surface area contributed by atoms with Crippen molar-refractivity contribution in [3.05, 3.63) is 29.8 Å². The van der Waals surface area contributed by atoms with Gasteiger partial charge in [0.25, 0.3) is 5.91 Å². The second-order valence-electron chi connectivity index (χ2n) is 5.07. The zero-order valence-corrected chi connectivity index (χ0v) is 11.1. The molecule has 0 bridgehead atoms. The lowest BCUT2D eigenvalue weighted by Crippen LogP contribution is -2.39. The third kappa shape index (κ3) is 3.77. The van der Waals surface area contributed by atoms with Crippen LogP contribution in [0.4, 0.5) is 5.69 Å². The average molecular weight is 234 g/mol. The summed E-state index contributed by atoms with van der Waals surface area (Å²) in [6.45, 7) is 9.09. The van der Waals surface area contributed by atoms with Gasteiger partial charge in [0.2, 0.25) is 0 Å². The number of amides is 1. The number of rotatable bonds is 4. The van der Waals surface area contributed by atoms with Gasteiger partial charge in [-0.3, -0.25) is 4.79 Å². The standard InChI is InChI=1S/C14H22N2O/c1-10(2)9-16(11(3)4)14(17)12-5-7-13(15)8-6-12/h5-8,10-11H,9,15H2,1-4H3. The molecule has 1 aromatic carbocycles. The Kier molecular flexibility index (Phi) is 4.55. The van der Waals surface area contributed by atoms with Gasteiger partial charge in [-0.25, -0.2) is 0 Å². The van der Waals surface area contributed by atoms with E-state index in [4.69, 9.17) is 5.73 Å². The molecule has 0 radical (unpaired) electrons. The van der Waals surface area contributed by atoms with Crippen LogP contribution in [0.2, 0.25) is 0 Å². The number of carbonyl (C=O) groups is 1. The second kappa shape index (κ2) is 5.71. The molecule has 3 heteroatoms. The fourth-order valence-corrected chi connectivity index (χ4v) is 1.71. The van der Waals surface area contributed by atoms with E-state index >= 15 is 0 Å². The topological polar surface area (TPSA) is 46.3 Å². The minimum absolute atomic E-state index is 0.0775. The Labute approximate surface area is 104 Å². The molecule has 1 aromatic rings. The Morgan fingerprint density at radius 2 is 1.71 bits per heavy atom. The molecule has 0 spiro atoms. The van der Waals surface area contributed by atoms with Gasteiger partial charge in [0.15, 0.2) is 0 Å². The second-order valence-corrected chi connectivity index (χ2v) is 5.07. The Morgan fingerprint density at radius 3 is 2.12 bits per heavy atom. The van der Waals surface area contributed by atoms with E-state index in [-0.39, 0.29) is 11.9 Å². The van der Waals surface area contributed by atoms with Crippen molar-refractivity contribution in [3.8, 4) is 0 Å². The van der Waals surface area contributed by atoms with E-state index in [0.29, 0.717) is 17.2 Å². The largest absolute Gasteiger partial charge is 0.399 e. The van der Waals surface area contributed by atoms with Crippen LogP contribution in [0.25, 0.3) is 0 Å². The molecule has 0 aliphatic heterocycles. The summed E-state index contributed by atoms with van der Waals surface area (Å²) in [6.07, 6.45) is 0. The minimum Gasteiger partial charge on any atom is -0.399 e. The molecule has 0 atom stereocenters. The summed E-state index contributed by atoms with van der Waals surface area (Å²) in [7, 11) is 0. The lowest BCUT2D eigenvalue weighted by atomic mass is 10.1. The van der Waals surface area contributed by atoms with Crippen LogP contribution in [0.3, 0.4) is 0 Å². The predicted molar refractivity (Wildman–Crippen MR) is 71.9 cm³/mol. The Balaban J connectivity index is 2.88. The molecular weight excluding hydrogens is 212 g/mol. The number of hydrogen-bond acceptors (Lipinski definition) is 2. The zero-order chi connectivity index (χ0) is 13.0. The van der Waals surface area contributed by atoms with Crippen LogP contribution in [0.5, 0.6) is 0 Å². The lowest BCUT2D eigenvalue weighted by molar-refractivity contribution is 0.0682. The van der Waals surface area contributed by atoms with Gasteiger partial charge in [-0.05, 0) is 44.0 Å². The highest BCUT2D eigenvalue weighted by Gasteiger charge is 2.19. The Bertz CT molecular complexity index is 368. The number of carbonyl (C=O) groups excluding carboxylic acids is 1. The van der Waals surface area contributed by atoms with Gasteiger partial charge in [-0.2, -0.15) is 0 Å². The summed E-state index contributed by atoms with van der Waals surface area (Å²) in [6, 6.07) is 7.31. The number of benzene rings is 1. The Morgan fingerprint density at radius 1 is 1.18 bits per heavy atom. The molecular formula is C14H22N2O. The van der Waals surface area contributed by atoms with Crippen molar-refractivity contribution in [2.24, 2.45) is 5.92 Å². The van der Waals surface area contributed by atoms with Gasteiger partial charge >= 0.3 is 0 Å². The average Bonchev–Trinajstić information content (AvgIpc) is 2.25. The first kappa shape index (κ1) is 13.6. The van der Waals surface area contributed by atoms with Gasteiger partial charge in [-0.1, -0.05) is 13.8 Å². The number of nitrogen functional groups attached to an aromatic ring is 1. The summed E-state index contributed by atoms with van der Waals surface area (Å²) < 4.78 is 0. The highest BCUT2D eigenvalue weighted by Crippen LogP contribution is 2.12. The van der Waals surface area contributed by atoms with Crippen LogP contribution in [0.1, 0.15) is 38.1 Å². The molecule has 0 aliphatic carbocycles. The van der Waals surface area contributed by atoms with Gasteiger partial charge in [-0.15, -0.1) is 0 Å². The minimum atomic E-state index is 0.0775. The van der Waals surface area contributed by atoms with Crippen LogP contribution < -0.4 is 5.73 Å². The van der Waals surface area contributed by atoms with Crippen LogP contribution >= 0.6 is 0 Å². The van der Waals surface area contributed by atoms with E-state index in [1.807, 2.05) is 18.7 Å². The molecule has 2 N–H and O–H groups in total. The molecule has 3 nitrogen and oxygen atoms in total. The molecule has 1 amide bonds. The highest BCUT2D eigenvalue weighted by atomic mass is 16.2. The fraction of sp³-hybridized carbons (Fsp3) is 0.500. The monoisotopic (exact) mass is 234 g/mol. The van der Waals surface area contributed by atoms with E-state index in [1.54, 1.807) is 24.3 Å². The maximum atomic E-state index is 12.3. The van der Waals surface area contributed by atoms with Crippen molar-refractivity contribution in [2.45, 2.75) is 33.7 Å². The van der Waals surface area contributed by atoms with Crippen molar-refractivity contribution in [3.63, 3.8) is 0 Å². The predicted octanol–water partition coefficient (Wildman–Crippen LogP) is 2.78. The molecule has 0 fully saturated rings. The molecule has 1 rings (SSSR count). The van der Waals surface area contributed by atoms with Crippen molar-refractivity contribution >= 4 is 11.6 Å². The first-order valence-electron chi connectivity index (χ1n) is 6.08. The third-order valence-corrected chi connectivity index (χ3v) is 2.60. The number of nitrogens with two attached hydrogens (primary N) is 1. The summed E-state index contributed by atoms with van der Waals surface area (Å²) in [5, 5.41) is 0. The number of hydrogen-bond donors (Lipinski definition) is 1. The molecule has 0 saturated heterocycles. The number of anilines is 1. The maximum absolute atomic E-state index is 12.3. The normalized spacial score (nSPS) is 10.9. The van der Waals surface area contributed by atoms with Crippen molar-refractivity contribution in [1.82, 2.24) is 4.90 Å². The van der Waals surface area contributed by atoms with E-state index in [2.05, 4.69) is 13.8 Å². The maximum Gasteiger partial charge on any atom is 0.254 e. The van der Waals surface area contributed by atoms with Gasteiger partial charge in [0, 0.05) is 23.8 Å². The van der Waals surface area contributed by atoms with E-state index in [0.717, 1.165) is 6.54 Å². The van der Waals surface area contributed by atoms with E-state index in [9.17, 15) is 4.79 Å². The third-order valence-electron chi connectivity index (χ3n) is 2.60. The van der Waals surface area contributed by atoms with E-state index in [1.165, 1.54) is 0 Å². The molecule has 94 valence electrons. The summed E-state index contributed by atoms with van der Waals surface area (Å²) in [5.41, 5.74) is 7.00. The van der Waals surface area contributed by atoms with Crippen LogP contribution in [-0.4, -0.2) is 23.4 Å². The summed E-state index contributed by atoms with van der Waals surface area (Å²) in [5.74, 6) is 0.545. The molecule has 0 unspecified atom stereocenters. The number of nitrogens with zero attached hydrogens (tertiary/aromatic N) is 1. The SMILES string of the molecule is CC(C)CN(C(=O)c1ccc(N)cc1)C(C)C. The molecule has 0 heterocycles. The molecule has 0 aromatic heterocycles. The zero-order valence-electron chi connectivity index (χ0n) is 11.1. The van der Waals surface area contributed by atoms with Crippen LogP contribution in [-0.2, 0) is 0 Å². The first-order valence-corrected chi connectivity index (χ1v) is 6.08. The lowest BCUT2D eigenvalue weighted by Gasteiger charge is -2.28. The van der Waals surface area contributed by atoms with E-state index < -0.39 is 0 Å². The quantitative estimate of drug-likeness (QED) is 0.814. The van der Waals surface area contributed by atoms with Crippen LogP contribution in [0, 0.1) is 5.92 Å². The van der Waals surface area contributed by atoms with Crippen molar-refractivity contribution in [2.75, 3.05) is 12.3 Å². The van der Waals surface area contributed by atoms with Gasteiger partial charge in [0.1, 0.15) is 0 Å². The first-order chi connectivity index (χ1) is 7.91. The Hall–Kier alpha value is -1.51. The van der Waals surface area contributed by atoms with Crippen LogP contribution in [0.15, 0.2) is 24.3 Å². The molecule has 17 heavy (non-hydrogen) atoms.